The van der Waals surface area contributed by atoms with Crippen LogP contribution in [-0.2, 0) is 24.2 Å². The van der Waals surface area contributed by atoms with Crippen molar-refractivity contribution >= 4 is 21.8 Å². The maximum atomic E-state index is 13.6. The Labute approximate surface area is 326 Å². The van der Waals surface area contributed by atoms with E-state index < -0.39 is 27.1 Å². The minimum atomic E-state index is -2.91. The van der Waals surface area contributed by atoms with Gasteiger partial charge in [0, 0.05) is 43.2 Å². The topological polar surface area (TPSA) is 139 Å². The molecule has 0 bridgehead atoms. The molecule has 1 saturated heterocycles. The number of esters is 1. The second-order valence-electron chi connectivity index (χ2n) is 21.7. The number of carboxylic acid groups (broad SMARTS) is 1. The summed E-state index contributed by atoms with van der Waals surface area (Å²) in [5, 5.41) is 13.8. The largest absolute Gasteiger partial charge is 0.481 e. The van der Waals surface area contributed by atoms with Gasteiger partial charge in [0.1, 0.15) is 6.10 Å². The lowest BCUT2D eigenvalue weighted by atomic mass is 9.32. The average Bonchev–Trinajstić information content (AvgIpc) is 3.46. The van der Waals surface area contributed by atoms with Crippen molar-refractivity contribution in [2.45, 2.75) is 144 Å². The molecule has 0 aromatic heterocycles. The second-order valence-corrected chi connectivity index (χ2v) is 24.0. The van der Waals surface area contributed by atoms with Gasteiger partial charge in [0.2, 0.25) is 0 Å². The summed E-state index contributed by atoms with van der Waals surface area (Å²) in [6.07, 6.45) is 11.7. The van der Waals surface area contributed by atoms with Gasteiger partial charge in [0.25, 0.3) is 0 Å². The van der Waals surface area contributed by atoms with E-state index >= 15 is 0 Å². The van der Waals surface area contributed by atoms with Crippen LogP contribution in [0.25, 0.3) is 0 Å². The Bertz CT molecular complexity index is 1610. The van der Waals surface area contributed by atoms with E-state index in [1.165, 1.54) is 44.1 Å². The number of rotatable bonds is 9. The fourth-order valence-electron chi connectivity index (χ4n) is 15.3. The van der Waals surface area contributed by atoms with E-state index in [9.17, 15) is 23.1 Å². The first-order valence-corrected chi connectivity index (χ1v) is 23.4. The monoisotopic (exact) mass is 772 g/mol. The smallest absolute Gasteiger partial charge is 0.309 e. The number of carboxylic acids is 1. The summed E-state index contributed by atoms with van der Waals surface area (Å²) in [6.45, 7) is 25.9. The van der Waals surface area contributed by atoms with Crippen molar-refractivity contribution in [3.63, 3.8) is 0 Å². The predicted octanol–water partition coefficient (Wildman–Crippen LogP) is 6.70. The number of hydrogen-bond acceptors (Lipinski definition) is 8. The molecule has 306 valence electrons. The van der Waals surface area contributed by atoms with E-state index in [4.69, 9.17) is 10.5 Å². The zero-order valence-electron chi connectivity index (χ0n) is 34.8. The van der Waals surface area contributed by atoms with Crippen LogP contribution in [0.1, 0.15) is 126 Å². The van der Waals surface area contributed by atoms with E-state index in [0.717, 1.165) is 38.8 Å². The van der Waals surface area contributed by atoms with Crippen molar-refractivity contribution in [1.29, 1.82) is 0 Å². The highest BCUT2D eigenvalue weighted by Gasteiger charge is 2.71. The van der Waals surface area contributed by atoms with E-state index in [0.29, 0.717) is 49.1 Å². The van der Waals surface area contributed by atoms with Crippen LogP contribution < -0.4 is 11.1 Å². The summed E-state index contributed by atoms with van der Waals surface area (Å²) in [5.41, 5.74) is 8.02. The summed E-state index contributed by atoms with van der Waals surface area (Å²) >= 11 is 0. The number of hydrogen-bond donors (Lipinski definition) is 3. The third-order valence-corrected chi connectivity index (χ3v) is 20.4. The first-order chi connectivity index (χ1) is 25.0. The molecular weight excluding hydrogens is 699 g/mol. The lowest BCUT2D eigenvalue weighted by Crippen LogP contribution is -2.69. The third-order valence-electron chi connectivity index (χ3n) is 18.8. The average molecular weight is 772 g/mol. The molecule has 13 atom stereocenters. The Hall–Kier alpha value is -1.49. The van der Waals surface area contributed by atoms with Gasteiger partial charge in [-0.1, -0.05) is 60.6 Å². The Balaban J connectivity index is 1.07. The van der Waals surface area contributed by atoms with Crippen molar-refractivity contribution in [2.75, 3.05) is 37.7 Å². The van der Waals surface area contributed by atoms with Crippen LogP contribution in [0, 0.1) is 68.5 Å². The number of ether oxygens (including phenoxy) is 1. The van der Waals surface area contributed by atoms with Crippen LogP contribution in [0.4, 0.5) is 0 Å². The molecule has 1 aliphatic heterocycles. The standard InChI is InChI=1S/C44H73N3O6S/c1-27(2)29-12-17-44(46-25-28(45)26-47-20-22-54(51,52)23-21-47)19-18-42(8)30(36(29)44)10-11-34-41(7)15-14-35(40(5,6)33(41)13-16-43(34,42)9)53-38(50)32-24-31(37(48)49)39(32,3)4/h28-36,46H,1,10-26,45H2,2-9H3,(H,48,49)/t28?,29-,30+,31-,32+,33-,34+,35-,36+,41-,42+,43+,44-/m0/s1. The van der Waals surface area contributed by atoms with Crippen molar-refractivity contribution in [3.8, 4) is 0 Å². The van der Waals surface area contributed by atoms with Crippen LogP contribution in [0.3, 0.4) is 0 Å². The number of nitrogens with zero attached hydrogens (tertiary/aromatic N) is 1. The minimum absolute atomic E-state index is 0.0406. The first kappa shape index (κ1) is 40.7. The van der Waals surface area contributed by atoms with Crippen LogP contribution >= 0.6 is 0 Å². The molecule has 54 heavy (non-hydrogen) atoms. The normalized spacial score (nSPS) is 46.8. The lowest BCUT2D eigenvalue weighted by molar-refractivity contribution is -0.248. The summed E-state index contributed by atoms with van der Waals surface area (Å²) < 4.78 is 30.4. The second kappa shape index (κ2) is 13.5. The summed E-state index contributed by atoms with van der Waals surface area (Å²) in [6, 6.07) is -0.0406. The molecule has 7 aliphatic rings. The highest BCUT2D eigenvalue weighted by atomic mass is 32.2. The van der Waals surface area contributed by atoms with Crippen molar-refractivity contribution < 1.29 is 27.9 Å². The van der Waals surface area contributed by atoms with Gasteiger partial charge >= 0.3 is 11.9 Å². The number of carbonyl (C=O) groups excluding carboxylic acids is 1. The van der Waals surface area contributed by atoms with Crippen molar-refractivity contribution in [3.05, 3.63) is 12.2 Å². The quantitative estimate of drug-likeness (QED) is 0.173. The van der Waals surface area contributed by atoms with E-state index in [-0.39, 0.29) is 62.7 Å². The lowest BCUT2D eigenvalue weighted by Gasteiger charge is -2.73. The zero-order valence-corrected chi connectivity index (χ0v) is 35.7. The Kier molecular flexibility index (Phi) is 10.2. The first-order valence-electron chi connectivity index (χ1n) is 21.5. The molecule has 0 spiro atoms. The number of allylic oxidation sites excluding steroid dienone is 1. The predicted molar refractivity (Wildman–Crippen MR) is 213 cm³/mol. The molecule has 1 unspecified atom stereocenters. The van der Waals surface area contributed by atoms with Gasteiger partial charge in [0.15, 0.2) is 9.84 Å². The summed E-state index contributed by atoms with van der Waals surface area (Å²) in [4.78, 5) is 27.6. The van der Waals surface area contributed by atoms with Gasteiger partial charge < -0.3 is 20.9 Å². The number of fused-ring (bicyclic) bond motifs is 7. The molecule has 7 fully saturated rings. The molecule has 0 radical (unpaired) electrons. The Morgan fingerprint density at radius 3 is 2.19 bits per heavy atom. The highest BCUT2D eigenvalue weighted by molar-refractivity contribution is 7.91. The molecule has 10 heteroatoms. The van der Waals surface area contributed by atoms with Gasteiger partial charge in [-0.05, 0) is 129 Å². The molecule has 4 N–H and O–H groups in total. The van der Waals surface area contributed by atoms with Gasteiger partial charge in [-0.15, -0.1) is 0 Å². The summed E-state index contributed by atoms with van der Waals surface area (Å²) in [5.74, 6) is 1.33. The zero-order chi connectivity index (χ0) is 39.4. The SMILES string of the molecule is C=C(C)[C@@H]1CC[C@]2(NCC(N)CN3CCS(=O)(=O)CC3)CC[C@]3(C)[C@H](CC[C@@H]4[C@@]5(C)CC[C@H](OC(=O)[C@H]6C[C@@H](C(=O)O)C6(C)C)C(C)(C)[C@@H]5CC[C@]43C)[C@@H]12. The van der Waals surface area contributed by atoms with Crippen LogP contribution in [-0.4, -0.2) is 85.7 Å². The van der Waals surface area contributed by atoms with Gasteiger partial charge in [-0.25, -0.2) is 8.42 Å². The third kappa shape index (κ3) is 6.18. The maximum absolute atomic E-state index is 13.6. The number of aliphatic carboxylic acids is 1. The van der Waals surface area contributed by atoms with Gasteiger partial charge in [-0.2, -0.15) is 0 Å². The van der Waals surface area contributed by atoms with E-state index in [1.54, 1.807) is 0 Å². The van der Waals surface area contributed by atoms with Crippen LogP contribution in [0.15, 0.2) is 12.2 Å². The Morgan fingerprint density at radius 1 is 0.870 bits per heavy atom. The molecule has 7 rings (SSSR count). The van der Waals surface area contributed by atoms with E-state index in [2.05, 4.69) is 58.3 Å². The number of nitrogens with one attached hydrogen (secondary N) is 1. The minimum Gasteiger partial charge on any atom is -0.481 e. The van der Waals surface area contributed by atoms with Crippen LogP contribution in [0.2, 0.25) is 0 Å². The molecule has 0 amide bonds. The van der Waals surface area contributed by atoms with Crippen LogP contribution in [0.5, 0.6) is 0 Å². The van der Waals surface area contributed by atoms with E-state index in [1.807, 2.05) is 13.8 Å². The summed E-state index contributed by atoms with van der Waals surface area (Å²) in [7, 11) is -2.91. The molecular formula is C44H73N3O6S. The van der Waals surface area contributed by atoms with Crippen molar-refractivity contribution in [2.24, 2.45) is 74.2 Å². The Morgan fingerprint density at radius 2 is 1.56 bits per heavy atom. The molecule has 6 aliphatic carbocycles. The van der Waals surface area contributed by atoms with Gasteiger partial charge in [0.05, 0.1) is 23.3 Å². The molecule has 1 heterocycles. The molecule has 9 nitrogen and oxygen atoms in total. The highest BCUT2D eigenvalue weighted by Crippen LogP contribution is 2.76. The number of nitrogens with two attached hydrogens (primary N) is 1. The maximum Gasteiger partial charge on any atom is 0.309 e. The molecule has 0 aromatic carbocycles. The number of sulfone groups is 1. The van der Waals surface area contributed by atoms with Crippen molar-refractivity contribution in [1.82, 2.24) is 10.2 Å². The number of carbonyl (C=O) groups is 2. The molecule has 0 aromatic rings. The fourth-order valence-corrected chi connectivity index (χ4v) is 16.5. The molecule has 6 saturated carbocycles. The fraction of sp³-hybridized carbons (Fsp3) is 0.909. The van der Waals surface area contributed by atoms with Gasteiger partial charge in [-0.3, -0.25) is 14.5 Å².